The van der Waals surface area contributed by atoms with Crippen molar-refractivity contribution in [1.82, 2.24) is 10.2 Å². The molecule has 1 aromatic carbocycles. The highest BCUT2D eigenvalue weighted by Gasteiger charge is 2.31. The first-order valence-corrected chi connectivity index (χ1v) is 9.26. The van der Waals surface area contributed by atoms with Crippen LogP contribution in [-0.2, 0) is 4.79 Å². The standard InChI is InChI=1S/C19H27N3O3/c1-2-25-17-10-8-16(9-11-17)22-13-12-21(19(22)24)14-18(23)20-15-6-4-3-5-7-15/h8-11,15H,2-7,12-14H2,1H3,(H,20,23). The second-order valence-corrected chi connectivity index (χ2v) is 6.69. The third-order valence-corrected chi connectivity index (χ3v) is 4.86. The van der Waals surface area contributed by atoms with Crippen LogP contribution in [-0.4, -0.2) is 49.1 Å². The summed E-state index contributed by atoms with van der Waals surface area (Å²) in [6, 6.07) is 7.67. The number of carbonyl (C=O) groups is 2. The summed E-state index contributed by atoms with van der Waals surface area (Å²) < 4.78 is 5.43. The van der Waals surface area contributed by atoms with E-state index < -0.39 is 0 Å². The van der Waals surface area contributed by atoms with Gasteiger partial charge >= 0.3 is 6.03 Å². The lowest BCUT2D eigenvalue weighted by molar-refractivity contribution is -0.122. The van der Waals surface area contributed by atoms with Crippen molar-refractivity contribution in [1.29, 1.82) is 0 Å². The summed E-state index contributed by atoms with van der Waals surface area (Å²) >= 11 is 0. The minimum Gasteiger partial charge on any atom is -0.494 e. The molecule has 136 valence electrons. The molecule has 1 aromatic rings. The average molecular weight is 345 g/mol. The van der Waals surface area contributed by atoms with Gasteiger partial charge in [-0.3, -0.25) is 9.69 Å². The maximum Gasteiger partial charge on any atom is 0.325 e. The smallest absolute Gasteiger partial charge is 0.325 e. The van der Waals surface area contributed by atoms with Crippen molar-refractivity contribution in [3.8, 4) is 5.75 Å². The molecule has 1 N–H and O–H groups in total. The molecule has 0 spiro atoms. The molecule has 0 unspecified atom stereocenters. The van der Waals surface area contributed by atoms with E-state index in [9.17, 15) is 9.59 Å². The molecule has 3 rings (SSSR count). The molecule has 2 aliphatic rings. The minimum atomic E-state index is -0.108. The Morgan fingerprint density at radius 1 is 1.16 bits per heavy atom. The number of urea groups is 1. The van der Waals surface area contributed by atoms with Gasteiger partial charge in [0, 0.05) is 24.8 Å². The van der Waals surface area contributed by atoms with Gasteiger partial charge in [-0.1, -0.05) is 19.3 Å². The Kier molecular flexibility index (Phi) is 5.79. The molecule has 6 nitrogen and oxygen atoms in total. The lowest BCUT2D eigenvalue weighted by Crippen LogP contribution is -2.44. The van der Waals surface area contributed by atoms with Crippen LogP contribution in [0.25, 0.3) is 0 Å². The summed E-state index contributed by atoms with van der Waals surface area (Å²) in [5.41, 5.74) is 0.837. The monoisotopic (exact) mass is 345 g/mol. The topological polar surface area (TPSA) is 61.9 Å². The summed E-state index contributed by atoms with van der Waals surface area (Å²) in [4.78, 5) is 28.1. The van der Waals surface area contributed by atoms with E-state index in [4.69, 9.17) is 4.74 Å². The molecular formula is C19H27N3O3. The van der Waals surface area contributed by atoms with E-state index in [0.29, 0.717) is 19.7 Å². The molecule has 0 bridgehead atoms. The highest BCUT2D eigenvalue weighted by Crippen LogP contribution is 2.23. The SMILES string of the molecule is CCOc1ccc(N2CCN(CC(=O)NC3CCCCC3)C2=O)cc1. The van der Waals surface area contributed by atoms with Crippen LogP contribution >= 0.6 is 0 Å². The van der Waals surface area contributed by atoms with E-state index in [0.717, 1.165) is 24.3 Å². The fourth-order valence-electron chi connectivity index (χ4n) is 3.55. The van der Waals surface area contributed by atoms with Gasteiger partial charge in [0.1, 0.15) is 12.3 Å². The van der Waals surface area contributed by atoms with Crippen molar-refractivity contribution in [3.05, 3.63) is 24.3 Å². The first kappa shape index (κ1) is 17.6. The van der Waals surface area contributed by atoms with E-state index in [2.05, 4.69) is 5.32 Å². The summed E-state index contributed by atoms with van der Waals surface area (Å²) in [6.07, 6.45) is 5.72. The number of nitrogens with one attached hydrogen (secondary N) is 1. The number of hydrogen-bond acceptors (Lipinski definition) is 3. The van der Waals surface area contributed by atoms with Crippen molar-refractivity contribution in [3.63, 3.8) is 0 Å². The van der Waals surface area contributed by atoms with Crippen molar-refractivity contribution in [2.75, 3.05) is 31.1 Å². The van der Waals surface area contributed by atoms with Crippen LogP contribution in [0.15, 0.2) is 24.3 Å². The zero-order valence-corrected chi connectivity index (χ0v) is 14.9. The van der Waals surface area contributed by atoms with Crippen LogP contribution in [0, 0.1) is 0 Å². The maximum absolute atomic E-state index is 12.6. The lowest BCUT2D eigenvalue weighted by atomic mass is 9.95. The molecule has 6 heteroatoms. The van der Waals surface area contributed by atoms with Crippen molar-refractivity contribution < 1.29 is 14.3 Å². The van der Waals surface area contributed by atoms with E-state index in [1.54, 1.807) is 9.80 Å². The average Bonchev–Trinajstić information content (AvgIpc) is 2.97. The molecule has 1 aliphatic heterocycles. The fraction of sp³-hybridized carbons (Fsp3) is 0.579. The Labute approximate surface area is 149 Å². The summed E-state index contributed by atoms with van der Waals surface area (Å²) in [7, 11) is 0. The molecular weight excluding hydrogens is 318 g/mol. The maximum atomic E-state index is 12.6. The largest absolute Gasteiger partial charge is 0.494 e. The van der Waals surface area contributed by atoms with Gasteiger partial charge in [-0.05, 0) is 44.0 Å². The third kappa shape index (κ3) is 4.44. The fourth-order valence-corrected chi connectivity index (χ4v) is 3.55. The normalized spacial score (nSPS) is 18.5. The Bertz CT molecular complexity index is 596. The Hall–Kier alpha value is -2.24. The predicted octanol–water partition coefficient (Wildman–Crippen LogP) is 2.78. The quantitative estimate of drug-likeness (QED) is 0.862. The minimum absolute atomic E-state index is 0.0474. The van der Waals surface area contributed by atoms with Gasteiger partial charge in [0.15, 0.2) is 0 Å². The molecule has 1 saturated carbocycles. The van der Waals surface area contributed by atoms with Crippen LogP contribution in [0.2, 0.25) is 0 Å². The van der Waals surface area contributed by atoms with Gasteiger partial charge in [0.05, 0.1) is 6.61 Å². The number of hydrogen-bond donors (Lipinski definition) is 1. The highest BCUT2D eigenvalue weighted by molar-refractivity contribution is 5.96. The van der Waals surface area contributed by atoms with E-state index >= 15 is 0 Å². The molecule has 2 fully saturated rings. The number of carbonyl (C=O) groups excluding carboxylic acids is 2. The Morgan fingerprint density at radius 3 is 2.56 bits per heavy atom. The van der Waals surface area contributed by atoms with Gasteiger partial charge in [-0.25, -0.2) is 4.79 Å². The molecule has 1 aliphatic carbocycles. The first-order valence-electron chi connectivity index (χ1n) is 9.26. The molecule has 3 amide bonds. The second kappa shape index (κ2) is 8.23. The molecule has 1 heterocycles. The molecule has 0 radical (unpaired) electrons. The molecule has 25 heavy (non-hydrogen) atoms. The summed E-state index contributed by atoms with van der Waals surface area (Å²) in [5.74, 6) is 0.746. The lowest BCUT2D eigenvalue weighted by Gasteiger charge is -2.24. The predicted molar refractivity (Wildman–Crippen MR) is 96.9 cm³/mol. The number of rotatable bonds is 6. The summed E-state index contributed by atoms with van der Waals surface area (Å²) in [6.45, 7) is 3.87. The van der Waals surface area contributed by atoms with Crippen LogP contribution in [0.1, 0.15) is 39.0 Å². The van der Waals surface area contributed by atoms with Crippen LogP contribution < -0.4 is 15.0 Å². The zero-order chi connectivity index (χ0) is 17.6. The number of nitrogens with zero attached hydrogens (tertiary/aromatic N) is 2. The Balaban J connectivity index is 1.53. The van der Waals surface area contributed by atoms with Gasteiger partial charge < -0.3 is 15.0 Å². The van der Waals surface area contributed by atoms with E-state index in [-0.39, 0.29) is 24.5 Å². The summed E-state index contributed by atoms with van der Waals surface area (Å²) in [5, 5.41) is 3.07. The highest BCUT2D eigenvalue weighted by atomic mass is 16.5. The van der Waals surface area contributed by atoms with Crippen molar-refractivity contribution >= 4 is 17.6 Å². The van der Waals surface area contributed by atoms with Gasteiger partial charge in [-0.2, -0.15) is 0 Å². The van der Waals surface area contributed by atoms with Crippen LogP contribution in [0.3, 0.4) is 0 Å². The van der Waals surface area contributed by atoms with Gasteiger partial charge in [0.25, 0.3) is 0 Å². The number of amides is 3. The van der Waals surface area contributed by atoms with Crippen molar-refractivity contribution in [2.45, 2.75) is 45.1 Å². The molecule has 0 aromatic heterocycles. The van der Waals surface area contributed by atoms with E-state index in [1.807, 2.05) is 31.2 Å². The molecule has 1 saturated heterocycles. The Morgan fingerprint density at radius 2 is 1.88 bits per heavy atom. The van der Waals surface area contributed by atoms with Crippen LogP contribution in [0.4, 0.5) is 10.5 Å². The van der Waals surface area contributed by atoms with Gasteiger partial charge in [0.2, 0.25) is 5.91 Å². The molecule has 0 atom stereocenters. The third-order valence-electron chi connectivity index (χ3n) is 4.86. The zero-order valence-electron chi connectivity index (χ0n) is 14.9. The van der Waals surface area contributed by atoms with Crippen LogP contribution in [0.5, 0.6) is 5.75 Å². The number of ether oxygens (including phenoxy) is 1. The number of benzene rings is 1. The van der Waals surface area contributed by atoms with Gasteiger partial charge in [-0.15, -0.1) is 0 Å². The first-order chi connectivity index (χ1) is 12.2. The van der Waals surface area contributed by atoms with E-state index in [1.165, 1.54) is 19.3 Å². The second-order valence-electron chi connectivity index (χ2n) is 6.69. The number of anilines is 1. The van der Waals surface area contributed by atoms with Crippen molar-refractivity contribution in [2.24, 2.45) is 0 Å².